The highest BCUT2D eigenvalue weighted by Gasteiger charge is 2.07. The number of carbonyl (C=O) groups excluding carboxylic acids is 1. The Morgan fingerprint density at radius 3 is 2.80 bits per heavy atom. The van der Waals surface area contributed by atoms with E-state index in [9.17, 15) is 4.79 Å². The van der Waals surface area contributed by atoms with Crippen molar-refractivity contribution in [3.8, 4) is 5.75 Å². The zero-order valence-electron chi connectivity index (χ0n) is 10.4. The van der Waals surface area contributed by atoms with Crippen molar-refractivity contribution in [3.05, 3.63) is 52.0 Å². The number of rotatable bonds is 4. The van der Waals surface area contributed by atoms with Gasteiger partial charge in [-0.25, -0.2) is 0 Å². The number of ether oxygens (including phenoxy) is 1. The molecule has 6 heteroatoms. The van der Waals surface area contributed by atoms with E-state index in [0.717, 1.165) is 4.47 Å². The number of halogens is 2. The number of anilines is 2. The smallest absolute Gasteiger partial charge is 0.262 e. The van der Waals surface area contributed by atoms with Gasteiger partial charge in [0.1, 0.15) is 5.75 Å². The molecule has 0 spiro atoms. The summed E-state index contributed by atoms with van der Waals surface area (Å²) < 4.78 is 6.18. The average molecular weight is 356 g/mol. The standard InChI is InChI=1S/C14H12BrClN2O2/c15-9-4-5-13(12(16)6-9)18-14(19)8-20-11-3-1-2-10(17)7-11/h1-7H,8,17H2,(H,18,19). The molecule has 3 N–H and O–H groups in total. The second kappa shape index (κ2) is 6.63. The van der Waals surface area contributed by atoms with Gasteiger partial charge in [0.15, 0.2) is 6.61 Å². The molecule has 0 saturated carbocycles. The van der Waals surface area contributed by atoms with Crippen molar-refractivity contribution in [2.75, 3.05) is 17.7 Å². The lowest BCUT2D eigenvalue weighted by molar-refractivity contribution is -0.118. The lowest BCUT2D eigenvalue weighted by atomic mass is 10.3. The van der Waals surface area contributed by atoms with E-state index in [0.29, 0.717) is 22.1 Å². The molecule has 2 aromatic rings. The predicted molar refractivity (Wildman–Crippen MR) is 84.1 cm³/mol. The van der Waals surface area contributed by atoms with Crippen LogP contribution in [-0.4, -0.2) is 12.5 Å². The first-order valence-electron chi connectivity index (χ1n) is 5.78. The van der Waals surface area contributed by atoms with E-state index in [2.05, 4.69) is 21.2 Å². The number of carbonyl (C=O) groups is 1. The van der Waals surface area contributed by atoms with Gasteiger partial charge in [0.2, 0.25) is 0 Å². The van der Waals surface area contributed by atoms with Crippen molar-refractivity contribution in [1.82, 2.24) is 0 Å². The molecule has 0 bridgehead atoms. The van der Waals surface area contributed by atoms with Crippen molar-refractivity contribution < 1.29 is 9.53 Å². The number of nitrogens with one attached hydrogen (secondary N) is 1. The Balaban J connectivity index is 1.92. The molecule has 2 rings (SSSR count). The number of hydrogen-bond donors (Lipinski definition) is 2. The number of benzene rings is 2. The van der Waals surface area contributed by atoms with Crippen LogP contribution in [0.15, 0.2) is 46.9 Å². The summed E-state index contributed by atoms with van der Waals surface area (Å²) in [5, 5.41) is 3.13. The van der Waals surface area contributed by atoms with Gasteiger partial charge < -0.3 is 15.8 Å². The molecular formula is C14H12BrClN2O2. The molecule has 20 heavy (non-hydrogen) atoms. The van der Waals surface area contributed by atoms with Crippen LogP contribution in [-0.2, 0) is 4.79 Å². The van der Waals surface area contributed by atoms with Crippen LogP contribution in [0.2, 0.25) is 5.02 Å². The molecule has 2 aromatic carbocycles. The Hall–Kier alpha value is -1.72. The fraction of sp³-hybridized carbons (Fsp3) is 0.0714. The zero-order chi connectivity index (χ0) is 14.5. The first kappa shape index (κ1) is 14.7. The third-order valence-electron chi connectivity index (χ3n) is 2.43. The summed E-state index contributed by atoms with van der Waals surface area (Å²) in [5.41, 5.74) is 6.74. The van der Waals surface area contributed by atoms with E-state index in [1.165, 1.54) is 0 Å². The van der Waals surface area contributed by atoms with Gasteiger partial charge in [0.25, 0.3) is 5.91 Å². The minimum Gasteiger partial charge on any atom is -0.484 e. The van der Waals surface area contributed by atoms with Gasteiger partial charge in [0, 0.05) is 16.2 Å². The molecule has 0 heterocycles. The minimum absolute atomic E-state index is 0.115. The fourth-order valence-corrected chi connectivity index (χ4v) is 2.25. The van der Waals surface area contributed by atoms with E-state index in [-0.39, 0.29) is 12.5 Å². The summed E-state index contributed by atoms with van der Waals surface area (Å²) >= 11 is 9.31. The van der Waals surface area contributed by atoms with Gasteiger partial charge in [-0.1, -0.05) is 33.6 Å². The molecule has 104 valence electrons. The normalized spacial score (nSPS) is 10.1. The van der Waals surface area contributed by atoms with Crippen molar-refractivity contribution in [1.29, 1.82) is 0 Å². The third kappa shape index (κ3) is 4.15. The first-order valence-corrected chi connectivity index (χ1v) is 6.95. The summed E-state index contributed by atoms with van der Waals surface area (Å²) in [6, 6.07) is 12.1. The first-order chi connectivity index (χ1) is 9.54. The summed E-state index contributed by atoms with van der Waals surface area (Å²) in [4.78, 5) is 11.8. The Labute approximate surface area is 130 Å². The van der Waals surface area contributed by atoms with Gasteiger partial charge in [-0.15, -0.1) is 0 Å². The fourth-order valence-electron chi connectivity index (χ4n) is 1.53. The topological polar surface area (TPSA) is 64.3 Å². The van der Waals surface area contributed by atoms with Crippen LogP contribution in [0.1, 0.15) is 0 Å². The van der Waals surface area contributed by atoms with Crippen molar-refractivity contribution >= 4 is 44.8 Å². The molecule has 0 aromatic heterocycles. The highest BCUT2D eigenvalue weighted by atomic mass is 79.9. The van der Waals surface area contributed by atoms with Crippen molar-refractivity contribution in [3.63, 3.8) is 0 Å². The second-order valence-corrected chi connectivity index (χ2v) is 5.36. The molecular weight excluding hydrogens is 344 g/mol. The van der Waals surface area contributed by atoms with E-state index >= 15 is 0 Å². The molecule has 1 amide bonds. The van der Waals surface area contributed by atoms with Crippen molar-refractivity contribution in [2.24, 2.45) is 0 Å². The highest BCUT2D eigenvalue weighted by Crippen LogP contribution is 2.25. The second-order valence-electron chi connectivity index (χ2n) is 4.03. The van der Waals surface area contributed by atoms with Crippen LogP contribution < -0.4 is 15.8 Å². The van der Waals surface area contributed by atoms with Gasteiger partial charge in [-0.05, 0) is 30.3 Å². The van der Waals surface area contributed by atoms with E-state index < -0.39 is 0 Å². The summed E-state index contributed by atoms with van der Waals surface area (Å²) in [6.07, 6.45) is 0. The van der Waals surface area contributed by atoms with Gasteiger partial charge in [-0.2, -0.15) is 0 Å². The average Bonchev–Trinajstić information content (AvgIpc) is 2.40. The molecule has 0 aliphatic carbocycles. The quantitative estimate of drug-likeness (QED) is 0.822. The Bertz CT molecular complexity index is 634. The zero-order valence-corrected chi connectivity index (χ0v) is 12.7. The van der Waals surface area contributed by atoms with Crippen LogP contribution in [0, 0.1) is 0 Å². The van der Waals surface area contributed by atoms with Crippen LogP contribution in [0.25, 0.3) is 0 Å². The maximum Gasteiger partial charge on any atom is 0.262 e. The largest absolute Gasteiger partial charge is 0.484 e. The lowest BCUT2D eigenvalue weighted by Gasteiger charge is -2.09. The van der Waals surface area contributed by atoms with Crippen LogP contribution in [0.5, 0.6) is 5.75 Å². The van der Waals surface area contributed by atoms with Gasteiger partial charge >= 0.3 is 0 Å². The number of amides is 1. The molecule has 0 atom stereocenters. The maximum atomic E-state index is 11.8. The predicted octanol–water partition coefficient (Wildman–Crippen LogP) is 3.70. The maximum absolute atomic E-state index is 11.8. The molecule has 0 radical (unpaired) electrons. The van der Waals surface area contributed by atoms with E-state index in [1.54, 1.807) is 42.5 Å². The minimum atomic E-state index is -0.295. The van der Waals surface area contributed by atoms with Crippen molar-refractivity contribution in [2.45, 2.75) is 0 Å². The lowest BCUT2D eigenvalue weighted by Crippen LogP contribution is -2.20. The Kier molecular flexibility index (Phi) is 4.87. The molecule has 4 nitrogen and oxygen atoms in total. The van der Waals surface area contributed by atoms with E-state index in [1.807, 2.05) is 0 Å². The Morgan fingerprint density at radius 1 is 1.30 bits per heavy atom. The third-order valence-corrected chi connectivity index (χ3v) is 3.24. The molecule has 0 saturated heterocycles. The number of hydrogen-bond acceptors (Lipinski definition) is 3. The monoisotopic (exact) mass is 354 g/mol. The van der Waals surface area contributed by atoms with Crippen LogP contribution >= 0.6 is 27.5 Å². The SMILES string of the molecule is Nc1cccc(OCC(=O)Nc2ccc(Br)cc2Cl)c1. The van der Waals surface area contributed by atoms with E-state index in [4.69, 9.17) is 22.1 Å². The Morgan fingerprint density at radius 2 is 2.10 bits per heavy atom. The number of nitrogens with two attached hydrogens (primary N) is 1. The van der Waals surface area contributed by atoms with Gasteiger partial charge in [-0.3, -0.25) is 4.79 Å². The molecule has 0 aliphatic rings. The summed E-state index contributed by atoms with van der Waals surface area (Å²) in [5.74, 6) is 0.249. The van der Waals surface area contributed by atoms with Gasteiger partial charge in [0.05, 0.1) is 10.7 Å². The highest BCUT2D eigenvalue weighted by molar-refractivity contribution is 9.10. The molecule has 0 aliphatic heterocycles. The summed E-state index contributed by atoms with van der Waals surface area (Å²) in [7, 11) is 0. The van der Waals surface area contributed by atoms with Crippen LogP contribution in [0.3, 0.4) is 0 Å². The summed E-state index contributed by atoms with van der Waals surface area (Å²) in [6.45, 7) is -0.115. The van der Waals surface area contributed by atoms with Crippen LogP contribution in [0.4, 0.5) is 11.4 Å². The number of nitrogen functional groups attached to an aromatic ring is 1. The molecule has 0 fully saturated rings. The molecule has 0 unspecified atom stereocenters.